The molecular weight excluding hydrogens is 192 g/mol. The SMILES string of the molecule is CCc1ccsc1CNC1CC(N)C1. The first-order valence-electron chi connectivity index (χ1n) is 5.33. The van der Waals surface area contributed by atoms with Gasteiger partial charge >= 0.3 is 0 Å². The number of hydrogen-bond donors (Lipinski definition) is 2. The molecule has 1 aliphatic rings. The number of hydrogen-bond acceptors (Lipinski definition) is 3. The van der Waals surface area contributed by atoms with Gasteiger partial charge < -0.3 is 11.1 Å². The third-order valence-electron chi connectivity index (χ3n) is 2.94. The van der Waals surface area contributed by atoms with E-state index < -0.39 is 0 Å². The van der Waals surface area contributed by atoms with E-state index >= 15 is 0 Å². The summed E-state index contributed by atoms with van der Waals surface area (Å²) in [6.07, 6.45) is 3.43. The summed E-state index contributed by atoms with van der Waals surface area (Å²) in [4.78, 5) is 1.49. The summed E-state index contributed by atoms with van der Waals surface area (Å²) in [6, 6.07) is 3.34. The van der Waals surface area contributed by atoms with Crippen LogP contribution in [0.2, 0.25) is 0 Å². The van der Waals surface area contributed by atoms with E-state index in [9.17, 15) is 0 Å². The van der Waals surface area contributed by atoms with Crippen molar-refractivity contribution in [3.63, 3.8) is 0 Å². The highest BCUT2D eigenvalue weighted by atomic mass is 32.1. The molecule has 3 heteroatoms. The molecule has 0 bridgehead atoms. The van der Waals surface area contributed by atoms with Crippen molar-refractivity contribution in [3.8, 4) is 0 Å². The number of nitrogens with one attached hydrogen (secondary N) is 1. The lowest BCUT2D eigenvalue weighted by Gasteiger charge is -2.33. The van der Waals surface area contributed by atoms with Crippen LogP contribution in [0.3, 0.4) is 0 Å². The first-order valence-corrected chi connectivity index (χ1v) is 6.21. The Labute approximate surface area is 89.5 Å². The molecule has 0 atom stereocenters. The van der Waals surface area contributed by atoms with Gasteiger partial charge in [0, 0.05) is 23.5 Å². The van der Waals surface area contributed by atoms with E-state index in [1.165, 1.54) is 10.4 Å². The minimum Gasteiger partial charge on any atom is -0.328 e. The zero-order valence-electron chi connectivity index (χ0n) is 8.62. The highest BCUT2D eigenvalue weighted by Gasteiger charge is 2.25. The highest BCUT2D eigenvalue weighted by molar-refractivity contribution is 7.10. The van der Waals surface area contributed by atoms with Crippen LogP contribution in [0.5, 0.6) is 0 Å². The Morgan fingerprint density at radius 1 is 1.57 bits per heavy atom. The molecule has 0 spiro atoms. The summed E-state index contributed by atoms with van der Waals surface area (Å²) >= 11 is 1.86. The molecule has 0 unspecified atom stereocenters. The van der Waals surface area contributed by atoms with Crippen LogP contribution in [-0.2, 0) is 13.0 Å². The summed E-state index contributed by atoms with van der Waals surface area (Å²) in [5, 5.41) is 5.74. The van der Waals surface area contributed by atoms with Gasteiger partial charge in [0.05, 0.1) is 0 Å². The van der Waals surface area contributed by atoms with Crippen molar-refractivity contribution in [1.29, 1.82) is 0 Å². The van der Waals surface area contributed by atoms with Gasteiger partial charge in [-0.25, -0.2) is 0 Å². The molecule has 1 aromatic heterocycles. The first kappa shape index (κ1) is 10.1. The first-order chi connectivity index (χ1) is 6.79. The topological polar surface area (TPSA) is 38.0 Å². The molecule has 0 aliphatic heterocycles. The fourth-order valence-corrected chi connectivity index (χ4v) is 2.83. The molecule has 1 heterocycles. The maximum absolute atomic E-state index is 5.74. The minimum atomic E-state index is 0.446. The smallest absolute Gasteiger partial charge is 0.0305 e. The monoisotopic (exact) mass is 210 g/mol. The zero-order chi connectivity index (χ0) is 9.97. The molecule has 2 rings (SSSR count). The third-order valence-corrected chi connectivity index (χ3v) is 3.91. The molecule has 2 nitrogen and oxygen atoms in total. The Bertz CT molecular complexity index is 289. The van der Waals surface area contributed by atoms with Gasteiger partial charge in [-0.1, -0.05) is 6.92 Å². The zero-order valence-corrected chi connectivity index (χ0v) is 9.44. The van der Waals surface area contributed by atoms with Crippen LogP contribution in [-0.4, -0.2) is 12.1 Å². The Kier molecular flexibility index (Phi) is 3.21. The van der Waals surface area contributed by atoms with E-state index in [1.54, 1.807) is 0 Å². The highest BCUT2D eigenvalue weighted by Crippen LogP contribution is 2.21. The van der Waals surface area contributed by atoms with Gasteiger partial charge in [0.15, 0.2) is 0 Å². The molecule has 0 radical (unpaired) electrons. The van der Waals surface area contributed by atoms with E-state index in [-0.39, 0.29) is 0 Å². The van der Waals surface area contributed by atoms with E-state index in [2.05, 4.69) is 23.7 Å². The van der Waals surface area contributed by atoms with Crippen LogP contribution in [0.4, 0.5) is 0 Å². The molecule has 0 aromatic carbocycles. The van der Waals surface area contributed by atoms with Crippen LogP contribution >= 0.6 is 11.3 Å². The molecule has 1 saturated carbocycles. The number of aryl methyl sites for hydroxylation is 1. The lowest BCUT2D eigenvalue weighted by molar-refractivity contribution is 0.291. The summed E-state index contributed by atoms with van der Waals surface area (Å²) in [7, 11) is 0. The fraction of sp³-hybridized carbons (Fsp3) is 0.636. The number of thiophene rings is 1. The third kappa shape index (κ3) is 2.16. The molecule has 1 fully saturated rings. The van der Waals surface area contributed by atoms with Crippen LogP contribution in [0.15, 0.2) is 11.4 Å². The summed E-state index contributed by atoms with van der Waals surface area (Å²) < 4.78 is 0. The number of nitrogens with two attached hydrogens (primary N) is 1. The van der Waals surface area contributed by atoms with Gasteiger partial charge in [-0.3, -0.25) is 0 Å². The molecule has 14 heavy (non-hydrogen) atoms. The van der Waals surface area contributed by atoms with Gasteiger partial charge in [-0.2, -0.15) is 0 Å². The average molecular weight is 210 g/mol. The van der Waals surface area contributed by atoms with E-state index in [1.807, 2.05) is 11.3 Å². The quantitative estimate of drug-likeness (QED) is 0.796. The van der Waals surface area contributed by atoms with Crippen molar-refractivity contribution < 1.29 is 0 Å². The van der Waals surface area contributed by atoms with Crippen LogP contribution < -0.4 is 11.1 Å². The van der Waals surface area contributed by atoms with Gasteiger partial charge in [0.1, 0.15) is 0 Å². The molecular formula is C11H18N2S. The molecule has 78 valence electrons. The van der Waals surface area contributed by atoms with Gasteiger partial charge in [-0.05, 0) is 36.3 Å². The van der Waals surface area contributed by atoms with Crippen molar-refractivity contribution in [2.24, 2.45) is 5.73 Å². The van der Waals surface area contributed by atoms with Gasteiger partial charge in [0.25, 0.3) is 0 Å². The Hall–Kier alpha value is -0.380. The summed E-state index contributed by atoms with van der Waals surface area (Å²) in [5.41, 5.74) is 7.23. The van der Waals surface area contributed by atoms with Crippen molar-refractivity contribution >= 4 is 11.3 Å². The average Bonchev–Trinajstić information content (AvgIpc) is 2.57. The van der Waals surface area contributed by atoms with Gasteiger partial charge in [0.2, 0.25) is 0 Å². The maximum atomic E-state index is 5.74. The van der Waals surface area contributed by atoms with Gasteiger partial charge in [-0.15, -0.1) is 11.3 Å². The van der Waals surface area contributed by atoms with Crippen molar-refractivity contribution in [2.75, 3.05) is 0 Å². The Morgan fingerprint density at radius 2 is 2.36 bits per heavy atom. The predicted octanol–water partition coefficient (Wildman–Crippen LogP) is 1.89. The van der Waals surface area contributed by atoms with E-state index in [4.69, 9.17) is 5.73 Å². The molecule has 3 N–H and O–H groups in total. The molecule has 1 aromatic rings. The van der Waals surface area contributed by atoms with Crippen molar-refractivity contribution in [1.82, 2.24) is 5.32 Å². The largest absolute Gasteiger partial charge is 0.328 e. The maximum Gasteiger partial charge on any atom is 0.0305 e. The number of rotatable bonds is 4. The summed E-state index contributed by atoms with van der Waals surface area (Å²) in [5.74, 6) is 0. The molecule has 1 aliphatic carbocycles. The van der Waals surface area contributed by atoms with E-state index in [0.29, 0.717) is 12.1 Å². The predicted molar refractivity (Wildman–Crippen MR) is 61.5 cm³/mol. The van der Waals surface area contributed by atoms with Crippen molar-refractivity contribution in [2.45, 2.75) is 44.8 Å². The van der Waals surface area contributed by atoms with Crippen molar-refractivity contribution in [3.05, 3.63) is 21.9 Å². The fourth-order valence-electron chi connectivity index (χ4n) is 1.90. The Morgan fingerprint density at radius 3 is 3.00 bits per heavy atom. The standard InChI is InChI=1S/C11H18N2S/c1-2-8-3-4-14-11(8)7-13-10-5-9(12)6-10/h3-4,9-10,13H,2,5-7,12H2,1H3. The second kappa shape index (κ2) is 4.43. The minimum absolute atomic E-state index is 0.446. The van der Waals surface area contributed by atoms with Crippen LogP contribution in [0.1, 0.15) is 30.2 Å². The summed E-state index contributed by atoms with van der Waals surface area (Å²) in [6.45, 7) is 3.24. The Balaban J connectivity index is 1.80. The molecule has 0 saturated heterocycles. The normalized spacial score (nSPS) is 26.1. The van der Waals surface area contributed by atoms with Crippen LogP contribution in [0.25, 0.3) is 0 Å². The second-order valence-electron chi connectivity index (χ2n) is 4.03. The van der Waals surface area contributed by atoms with Crippen LogP contribution in [0, 0.1) is 0 Å². The lowest BCUT2D eigenvalue weighted by atomic mass is 9.87. The second-order valence-corrected chi connectivity index (χ2v) is 5.03. The molecule has 0 amide bonds. The lowest BCUT2D eigenvalue weighted by Crippen LogP contribution is -2.48. The van der Waals surface area contributed by atoms with E-state index in [0.717, 1.165) is 25.8 Å².